The van der Waals surface area contributed by atoms with E-state index in [4.69, 9.17) is 9.47 Å². The molecule has 9 aromatic rings. The van der Waals surface area contributed by atoms with Crippen molar-refractivity contribution in [3.63, 3.8) is 0 Å². The molecule has 6 aromatic heterocycles. The van der Waals surface area contributed by atoms with Gasteiger partial charge in [-0.15, -0.1) is 0 Å². The van der Waals surface area contributed by atoms with E-state index < -0.39 is 5.95 Å². The summed E-state index contributed by atoms with van der Waals surface area (Å²) in [6.45, 7) is 6.29. The lowest BCUT2D eigenvalue weighted by molar-refractivity contribution is 0.415. The number of aryl methyl sites for hydroxylation is 3. The lowest BCUT2D eigenvalue weighted by Gasteiger charge is -2.06. The second kappa shape index (κ2) is 16.5. The van der Waals surface area contributed by atoms with Gasteiger partial charge in [-0.3, -0.25) is 14.6 Å². The van der Waals surface area contributed by atoms with Crippen LogP contribution in [-0.2, 0) is 27.2 Å². The van der Waals surface area contributed by atoms with E-state index in [0.29, 0.717) is 22.3 Å². The Labute approximate surface area is 331 Å². The minimum Gasteiger partial charge on any atom is -0.497 e. The molecule has 6 heterocycles. The van der Waals surface area contributed by atoms with Crippen molar-refractivity contribution in [2.45, 2.75) is 33.9 Å². The Balaban J connectivity index is 0.000000173. The molecule has 12 nitrogen and oxygen atoms in total. The highest BCUT2D eigenvalue weighted by atomic mass is 19.1. The number of rotatable bonds is 7. The SMILES string of the molecule is CC.COc1ccc2c3cnn(Cc4ccccc4F)c(=O)c3n(C)c2c1.Cc1cccc(Cn2ncc3c4ccc(Oc5cccc(F)n5)cc4n(C)c3c2=O)n1. The van der Waals surface area contributed by atoms with E-state index in [9.17, 15) is 18.4 Å². The summed E-state index contributed by atoms with van der Waals surface area (Å²) in [4.78, 5) is 34.3. The maximum atomic E-state index is 13.9. The van der Waals surface area contributed by atoms with Crippen molar-refractivity contribution in [1.29, 1.82) is 0 Å². The summed E-state index contributed by atoms with van der Waals surface area (Å²) >= 11 is 0. The van der Waals surface area contributed by atoms with Crippen LogP contribution in [-0.4, -0.2) is 45.8 Å². The van der Waals surface area contributed by atoms with Crippen LogP contribution < -0.4 is 20.6 Å². The fourth-order valence-electron chi connectivity index (χ4n) is 6.89. The average molecular weight is 783 g/mol. The molecule has 58 heavy (non-hydrogen) atoms. The van der Waals surface area contributed by atoms with Crippen LogP contribution in [0.1, 0.15) is 30.8 Å². The average Bonchev–Trinajstić information content (AvgIpc) is 3.68. The summed E-state index contributed by atoms with van der Waals surface area (Å²) < 4.78 is 44.5. The van der Waals surface area contributed by atoms with E-state index >= 15 is 0 Å². The normalized spacial score (nSPS) is 11.0. The molecular weight excluding hydrogens is 743 g/mol. The number of aromatic nitrogens is 8. The van der Waals surface area contributed by atoms with Crippen molar-refractivity contribution in [3.8, 4) is 17.4 Å². The minimum atomic E-state index is -0.613. The van der Waals surface area contributed by atoms with Crippen molar-refractivity contribution >= 4 is 43.6 Å². The first-order chi connectivity index (χ1) is 28.1. The highest BCUT2D eigenvalue weighted by Crippen LogP contribution is 2.31. The van der Waals surface area contributed by atoms with Crippen LogP contribution in [0.4, 0.5) is 8.78 Å². The van der Waals surface area contributed by atoms with Crippen LogP contribution in [0, 0.1) is 18.7 Å². The molecule has 0 spiro atoms. The molecule has 0 aliphatic heterocycles. The van der Waals surface area contributed by atoms with Crippen LogP contribution in [0.5, 0.6) is 17.4 Å². The zero-order valence-electron chi connectivity index (χ0n) is 32.8. The molecule has 0 amide bonds. The van der Waals surface area contributed by atoms with Crippen LogP contribution in [0.2, 0.25) is 0 Å². The first kappa shape index (κ1) is 39.0. The Hall–Kier alpha value is -7.22. The number of ether oxygens (including phenoxy) is 2. The summed E-state index contributed by atoms with van der Waals surface area (Å²) in [6, 6.07) is 27.5. The second-order valence-corrected chi connectivity index (χ2v) is 13.2. The van der Waals surface area contributed by atoms with Gasteiger partial charge < -0.3 is 18.6 Å². The molecule has 0 saturated heterocycles. The second-order valence-electron chi connectivity index (χ2n) is 13.2. The molecular formula is C44H40F2N8O4. The zero-order valence-corrected chi connectivity index (χ0v) is 32.8. The first-order valence-corrected chi connectivity index (χ1v) is 18.6. The van der Waals surface area contributed by atoms with Gasteiger partial charge in [0.1, 0.15) is 28.3 Å². The van der Waals surface area contributed by atoms with Crippen molar-refractivity contribution in [2.75, 3.05) is 7.11 Å². The fraction of sp³-hybridized carbons (Fsp3) is 0.182. The van der Waals surface area contributed by atoms with Gasteiger partial charge in [0.2, 0.25) is 11.8 Å². The Morgan fingerprint density at radius 3 is 1.83 bits per heavy atom. The Morgan fingerprint density at radius 1 is 0.638 bits per heavy atom. The van der Waals surface area contributed by atoms with Gasteiger partial charge in [-0.25, -0.2) is 13.8 Å². The summed E-state index contributed by atoms with van der Waals surface area (Å²) in [5.41, 5.74) is 4.39. The van der Waals surface area contributed by atoms with Crippen molar-refractivity contribution in [1.82, 2.24) is 38.7 Å². The number of benzene rings is 3. The van der Waals surface area contributed by atoms with Gasteiger partial charge in [0.05, 0.1) is 49.3 Å². The summed E-state index contributed by atoms with van der Waals surface area (Å²) in [7, 11) is 5.26. The maximum absolute atomic E-state index is 13.9. The Morgan fingerprint density at radius 2 is 1.22 bits per heavy atom. The topological polar surface area (TPSA) is 124 Å². The smallest absolute Gasteiger partial charge is 0.291 e. The van der Waals surface area contributed by atoms with Gasteiger partial charge in [0.25, 0.3) is 11.1 Å². The minimum absolute atomic E-state index is 0.0896. The van der Waals surface area contributed by atoms with Gasteiger partial charge in [0.15, 0.2) is 0 Å². The molecule has 0 aliphatic rings. The number of methoxy groups -OCH3 is 1. The van der Waals surface area contributed by atoms with Gasteiger partial charge >= 0.3 is 0 Å². The Kier molecular flexibility index (Phi) is 11.1. The number of hydrogen-bond acceptors (Lipinski definition) is 8. The van der Waals surface area contributed by atoms with E-state index in [1.54, 1.807) is 55.9 Å². The third-order valence-corrected chi connectivity index (χ3v) is 9.63. The summed E-state index contributed by atoms with van der Waals surface area (Å²) in [5.74, 6) is 0.413. The highest BCUT2D eigenvalue weighted by molar-refractivity contribution is 6.08. The van der Waals surface area contributed by atoms with Gasteiger partial charge in [-0.2, -0.15) is 19.6 Å². The molecule has 3 aromatic carbocycles. The van der Waals surface area contributed by atoms with Crippen molar-refractivity contribution < 1.29 is 18.3 Å². The van der Waals surface area contributed by atoms with Crippen molar-refractivity contribution in [3.05, 3.63) is 159 Å². The van der Waals surface area contributed by atoms with Gasteiger partial charge in [-0.05, 0) is 55.5 Å². The third kappa shape index (κ3) is 7.51. The molecule has 0 atom stereocenters. The maximum Gasteiger partial charge on any atom is 0.291 e. The molecule has 0 N–H and O–H groups in total. The lowest BCUT2D eigenvalue weighted by Crippen LogP contribution is -2.24. The van der Waals surface area contributed by atoms with Crippen LogP contribution in [0.3, 0.4) is 0 Å². The monoisotopic (exact) mass is 782 g/mol. The molecule has 0 radical (unpaired) electrons. The molecule has 0 aliphatic carbocycles. The van der Waals surface area contributed by atoms with Gasteiger partial charge in [-0.1, -0.05) is 44.2 Å². The third-order valence-electron chi connectivity index (χ3n) is 9.63. The summed E-state index contributed by atoms with van der Waals surface area (Å²) in [6.07, 6.45) is 3.36. The van der Waals surface area contributed by atoms with E-state index in [-0.39, 0.29) is 35.9 Å². The largest absolute Gasteiger partial charge is 0.497 e. The quantitative estimate of drug-likeness (QED) is 0.149. The van der Waals surface area contributed by atoms with E-state index in [1.807, 2.05) is 86.5 Å². The molecule has 9 rings (SSSR count). The highest BCUT2D eigenvalue weighted by Gasteiger charge is 2.17. The molecule has 14 heteroatoms. The predicted octanol–water partition coefficient (Wildman–Crippen LogP) is 8.08. The molecule has 0 unspecified atom stereocenters. The standard InChI is InChI=1S/C23H18FN5O2.C19H16FN3O2.C2H6/c1-14-5-3-6-15(26-14)13-29-23(30)22-18(12-25-29)17-10-9-16(11-19(17)28(22)2)31-21-8-4-7-20(24)27-21;1-22-17-9-13(25-2)7-8-14(17)15-10-21-23(19(24)18(15)22)11-12-5-3-4-6-16(12)20;1-2/h3-12H,13H2,1-2H3;3-10H,11H2,1-2H3;1-2H3. The van der Waals surface area contributed by atoms with E-state index in [0.717, 1.165) is 49.7 Å². The first-order valence-electron chi connectivity index (χ1n) is 18.6. The molecule has 294 valence electrons. The van der Waals surface area contributed by atoms with E-state index in [2.05, 4.69) is 20.2 Å². The van der Waals surface area contributed by atoms with Crippen LogP contribution >= 0.6 is 0 Å². The predicted molar refractivity (Wildman–Crippen MR) is 221 cm³/mol. The van der Waals surface area contributed by atoms with Gasteiger partial charge in [0, 0.05) is 65.1 Å². The van der Waals surface area contributed by atoms with E-state index in [1.165, 1.54) is 27.6 Å². The molecule has 0 fully saturated rings. The molecule has 0 saturated carbocycles. The Bertz CT molecular complexity index is 3080. The summed E-state index contributed by atoms with van der Waals surface area (Å²) in [5, 5.41) is 11.9. The zero-order chi connectivity index (χ0) is 41.1. The lowest BCUT2D eigenvalue weighted by atomic mass is 10.2. The number of pyridine rings is 2. The molecule has 0 bridgehead atoms. The number of nitrogens with zero attached hydrogens (tertiary/aromatic N) is 8. The van der Waals surface area contributed by atoms with Crippen LogP contribution in [0.15, 0.2) is 119 Å². The number of halogens is 2. The van der Waals surface area contributed by atoms with Crippen LogP contribution in [0.25, 0.3) is 43.6 Å². The number of hydrogen-bond donors (Lipinski definition) is 0. The number of fused-ring (bicyclic) bond motifs is 6. The fourth-order valence-corrected chi connectivity index (χ4v) is 6.89. The van der Waals surface area contributed by atoms with Crippen molar-refractivity contribution in [2.24, 2.45) is 14.1 Å².